The summed E-state index contributed by atoms with van der Waals surface area (Å²) in [7, 11) is 0. The van der Waals surface area contributed by atoms with Crippen molar-refractivity contribution < 1.29 is 9.59 Å². The highest BCUT2D eigenvalue weighted by atomic mass is 16.1. The van der Waals surface area contributed by atoms with Crippen LogP contribution < -0.4 is 11.1 Å². The van der Waals surface area contributed by atoms with E-state index in [0.717, 1.165) is 11.1 Å². The minimum absolute atomic E-state index is 0.204. The Balaban J connectivity index is 2.04. The number of hydrogen-bond acceptors (Lipinski definition) is 3. The van der Waals surface area contributed by atoms with Gasteiger partial charge in [0.1, 0.15) is 5.78 Å². The molecular weight excluding hydrogens is 216 g/mol. The summed E-state index contributed by atoms with van der Waals surface area (Å²) >= 11 is 0. The van der Waals surface area contributed by atoms with Crippen LogP contribution in [0.1, 0.15) is 17.5 Å². The fourth-order valence-corrected chi connectivity index (χ4v) is 3.04. The summed E-state index contributed by atoms with van der Waals surface area (Å²) in [5.41, 5.74) is 6.94. The second-order valence-electron chi connectivity index (χ2n) is 4.88. The lowest BCUT2D eigenvalue weighted by Crippen LogP contribution is -2.36. The van der Waals surface area contributed by atoms with Crippen LogP contribution in [0.25, 0.3) is 0 Å². The van der Waals surface area contributed by atoms with E-state index in [4.69, 9.17) is 5.73 Å². The van der Waals surface area contributed by atoms with Gasteiger partial charge < -0.3 is 11.1 Å². The Labute approximate surface area is 99.2 Å². The number of nitrogens with one attached hydrogen (secondary N) is 1. The molecule has 1 aliphatic carbocycles. The molecule has 1 aliphatic heterocycles. The molecule has 2 atom stereocenters. The van der Waals surface area contributed by atoms with Gasteiger partial charge in [0, 0.05) is 13.0 Å². The fraction of sp³-hybridized carbons (Fsp3) is 0.385. The molecule has 1 amide bonds. The van der Waals surface area contributed by atoms with E-state index in [1.807, 2.05) is 24.3 Å². The summed E-state index contributed by atoms with van der Waals surface area (Å²) in [6.45, 7) is 0.524. The molecular formula is C13H14N2O2. The van der Waals surface area contributed by atoms with Gasteiger partial charge in [0.2, 0.25) is 5.91 Å². The van der Waals surface area contributed by atoms with Gasteiger partial charge in [-0.15, -0.1) is 0 Å². The standard InChI is InChI=1S/C13H14N2O2/c14-12(17)10-6-13(7-15-10)9-4-2-1-3-8(9)5-11(13)16/h1-4,10,15H,5-7H2,(H2,14,17)/t10-,13-/m0/s1. The highest BCUT2D eigenvalue weighted by Gasteiger charge is 2.51. The number of carbonyl (C=O) groups excluding carboxylic acids is 2. The maximum absolute atomic E-state index is 12.2. The first-order valence-corrected chi connectivity index (χ1v) is 5.78. The number of fused-ring (bicyclic) bond motifs is 2. The molecule has 2 aliphatic rings. The summed E-state index contributed by atoms with van der Waals surface area (Å²) in [4.78, 5) is 23.4. The molecule has 1 fully saturated rings. The summed E-state index contributed by atoms with van der Waals surface area (Å²) in [6, 6.07) is 7.48. The average molecular weight is 230 g/mol. The van der Waals surface area contributed by atoms with Gasteiger partial charge in [0.05, 0.1) is 11.5 Å². The van der Waals surface area contributed by atoms with Crippen molar-refractivity contribution in [3.63, 3.8) is 0 Å². The molecule has 1 spiro atoms. The Morgan fingerprint density at radius 1 is 1.41 bits per heavy atom. The zero-order valence-electron chi connectivity index (χ0n) is 9.40. The fourth-order valence-electron chi connectivity index (χ4n) is 3.04. The minimum Gasteiger partial charge on any atom is -0.368 e. The Bertz CT molecular complexity index is 512. The third kappa shape index (κ3) is 1.34. The Kier molecular flexibility index (Phi) is 2.10. The summed E-state index contributed by atoms with van der Waals surface area (Å²) in [5.74, 6) is -0.172. The van der Waals surface area contributed by atoms with Crippen LogP contribution in [0, 0.1) is 0 Å². The molecule has 17 heavy (non-hydrogen) atoms. The van der Waals surface area contributed by atoms with Crippen LogP contribution in [-0.2, 0) is 21.4 Å². The lowest BCUT2D eigenvalue weighted by atomic mass is 9.79. The van der Waals surface area contributed by atoms with Crippen molar-refractivity contribution in [1.82, 2.24) is 5.32 Å². The second kappa shape index (κ2) is 3.40. The number of nitrogens with two attached hydrogens (primary N) is 1. The zero-order chi connectivity index (χ0) is 12.0. The minimum atomic E-state index is -0.518. The van der Waals surface area contributed by atoms with Crippen molar-refractivity contribution in [2.24, 2.45) is 5.73 Å². The third-order valence-electron chi connectivity index (χ3n) is 3.96. The zero-order valence-corrected chi connectivity index (χ0v) is 9.40. The number of amides is 1. The molecule has 4 nitrogen and oxygen atoms in total. The molecule has 0 saturated carbocycles. The topological polar surface area (TPSA) is 72.2 Å². The number of rotatable bonds is 1. The molecule has 0 unspecified atom stereocenters. The monoisotopic (exact) mass is 230 g/mol. The number of primary amides is 1. The second-order valence-corrected chi connectivity index (χ2v) is 4.88. The van der Waals surface area contributed by atoms with Gasteiger partial charge in [-0.1, -0.05) is 24.3 Å². The van der Waals surface area contributed by atoms with Gasteiger partial charge in [0.25, 0.3) is 0 Å². The van der Waals surface area contributed by atoms with Gasteiger partial charge in [-0.05, 0) is 17.5 Å². The van der Waals surface area contributed by atoms with E-state index < -0.39 is 5.41 Å². The quantitative estimate of drug-likeness (QED) is 0.707. The van der Waals surface area contributed by atoms with Crippen molar-refractivity contribution in [2.75, 3.05) is 6.54 Å². The first-order valence-electron chi connectivity index (χ1n) is 5.78. The van der Waals surface area contributed by atoms with Crippen molar-refractivity contribution in [3.05, 3.63) is 35.4 Å². The molecule has 0 aromatic heterocycles. The number of carbonyl (C=O) groups is 2. The number of hydrogen-bond donors (Lipinski definition) is 2. The van der Waals surface area contributed by atoms with E-state index in [-0.39, 0.29) is 17.7 Å². The van der Waals surface area contributed by atoms with Crippen LogP contribution in [0.5, 0.6) is 0 Å². The SMILES string of the molecule is NC(=O)[C@@H]1C[C@@]2(CN1)C(=O)Cc1ccccc12. The maximum atomic E-state index is 12.2. The number of ketones is 1. The summed E-state index contributed by atoms with van der Waals surface area (Å²) in [5, 5.41) is 3.06. The molecule has 3 N–H and O–H groups in total. The highest BCUT2D eigenvalue weighted by molar-refractivity contribution is 5.98. The molecule has 88 valence electrons. The van der Waals surface area contributed by atoms with Crippen molar-refractivity contribution in [1.29, 1.82) is 0 Å². The molecule has 1 aromatic carbocycles. The third-order valence-corrected chi connectivity index (χ3v) is 3.96. The van der Waals surface area contributed by atoms with Gasteiger partial charge >= 0.3 is 0 Å². The molecule has 0 bridgehead atoms. The van der Waals surface area contributed by atoms with Crippen LogP contribution in [-0.4, -0.2) is 24.3 Å². The smallest absolute Gasteiger partial charge is 0.234 e. The van der Waals surface area contributed by atoms with E-state index in [2.05, 4.69) is 5.32 Å². The van der Waals surface area contributed by atoms with E-state index in [9.17, 15) is 9.59 Å². The number of Topliss-reactive ketones (excluding diaryl/α,β-unsaturated/α-hetero) is 1. The molecule has 4 heteroatoms. The highest BCUT2D eigenvalue weighted by Crippen LogP contribution is 2.42. The van der Waals surface area contributed by atoms with E-state index >= 15 is 0 Å². The van der Waals surface area contributed by atoms with Crippen LogP contribution in [0.15, 0.2) is 24.3 Å². The Morgan fingerprint density at radius 2 is 2.18 bits per heavy atom. The molecule has 0 radical (unpaired) electrons. The first kappa shape index (κ1) is 10.5. The number of benzene rings is 1. The molecule has 1 saturated heterocycles. The van der Waals surface area contributed by atoms with Gasteiger partial charge in [0.15, 0.2) is 0 Å². The molecule has 3 rings (SSSR count). The van der Waals surface area contributed by atoms with Crippen LogP contribution >= 0.6 is 0 Å². The van der Waals surface area contributed by atoms with Gasteiger partial charge in [-0.2, -0.15) is 0 Å². The van der Waals surface area contributed by atoms with E-state index in [1.54, 1.807) is 0 Å². The lowest BCUT2D eigenvalue weighted by Gasteiger charge is -2.21. The van der Waals surface area contributed by atoms with Gasteiger partial charge in [-0.3, -0.25) is 9.59 Å². The molecule has 1 aromatic rings. The van der Waals surface area contributed by atoms with Crippen LogP contribution in [0.3, 0.4) is 0 Å². The summed E-state index contributed by atoms with van der Waals surface area (Å²) in [6.07, 6.45) is 0.974. The predicted octanol–water partition coefficient (Wildman–Crippen LogP) is -0.103. The van der Waals surface area contributed by atoms with Crippen molar-refractivity contribution in [3.8, 4) is 0 Å². The Morgan fingerprint density at radius 3 is 2.88 bits per heavy atom. The normalized spacial score (nSPS) is 30.8. The predicted molar refractivity (Wildman–Crippen MR) is 62.4 cm³/mol. The molecule has 1 heterocycles. The first-order chi connectivity index (χ1) is 8.13. The summed E-state index contributed by atoms with van der Waals surface area (Å²) < 4.78 is 0. The average Bonchev–Trinajstić information content (AvgIpc) is 2.85. The maximum Gasteiger partial charge on any atom is 0.234 e. The van der Waals surface area contributed by atoms with Crippen molar-refractivity contribution >= 4 is 11.7 Å². The lowest BCUT2D eigenvalue weighted by molar-refractivity contribution is -0.122. The van der Waals surface area contributed by atoms with Gasteiger partial charge in [-0.25, -0.2) is 0 Å². The van der Waals surface area contributed by atoms with Crippen LogP contribution in [0.4, 0.5) is 0 Å². The van der Waals surface area contributed by atoms with E-state index in [1.165, 1.54) is 0 Å². The van der Waals surface area contributed by atoms with E-state index in [0.29, 0.717) is 19.4 Å². The van der Waals surface area contributed by atoms with Crippen molar-refractivity contribution in [2.45, 2.75) is 24.3 Å². The Hall–Kier alpha value is -1.68. The largest absolute Gasteiger partial charge is 0.368 e. The van der Waals surface area contributed by atoms with Crippen LogP contribution in [0.2, 0.25) is 0 Å².